The fraction of sp³-hybridized carbons (Fsp3) is 0.938. The lowest BCUT2D eigenvalue weighted by Gasteiger charge is -2.51. The Balaban J connectivity index is 1.80. The van der Waals surface area contributed by atoms with Gasteiger partial charge in [0, 0.05) is 32.1 Å². The summed E-state index contributed by atoms with van der Waals surface area (Å²) in [6.07, 6.45) is 9.47. The predicted molar refractivity (Wildman–Crippen MR) is 74.6 cm³/mol. The number of quaternary nitrogens is 1. The maximum Gasteiger partial charge on any atom is 0.302 e. The van der Waals surface area contributed by atoms with Crippen LogP contribution in [0.2, 0.25) is 0 Å². The van der Waals surface area contributed by atoms with Crippen LogP contribution in [-0.4, -0.2) is 42.7 Å². The fourth-order valence-corrected chi connectivity index (χ4v) is 5.15. The van der Waals surface area contributed by atoms with Crippen LogP contribution in [0, 0.1) is 11.8 Å². The number of carbonyl (C=O) groups is 1. The van der Waals surface area contributed by atoms with Gasteiger partial charge in [0.15, 0.2) is 0 Å². The maximum absolute atomic E-state index is 11.4. The minimum absolute atomic E-state index is 0.0772. The zero-order valence-electron chi connectivity index (χ0n) is 12.4. The van der Waals surface area contributed by atoms with Crippen LogP contribution in [0.4, 0.5) is 0 Å². The number of ether oxygens (including phenoxy) is 1. The van der Waals surface area contributed by atoms with Gasteiger partial charge in [0.25, 0.3) is 0 Å². The van der Waals surface area contributed by atoms with Crippen molar-refractivity contribution in [2.75, 3.05) is 20.1 Å². The smallest absolute Gasteiger partial charge is 0.302 e. The minimum Gasteiger partial charge on any atom is -0.462 e. The average Bonchev–Trinajstić information content (AvgIpc) is 2.76. The molecule has 2 aliphatic carbocycles. The Morgan fingerprint density at radius 1 is 1.05 bits per heavy atom. The molecule has 0 aromatic heterocycles. The van der Waals surface area contributed by atoms with E-state index in [1.807, 2.05) is 0 Å². The number of esters is 1. The molecule has 108 valence electrons. The van der Waals surface area contributed by atoms with E-state index in [0.29, 0.717) is 11.8 Å². The Morgan fingerprint density at radius 2 is 1.79 bits per heavy atom. The fourth-order valence-electron chi connectivity index (χ4n) is 5.15. The van der Waals surface area contributed by atoms with Crippen molar-refractivity contribution in [1.29, 1.82) is 0 Å². The van der Waals surface area contributed by atoms with E-state index in [2.05, 4.69) is 7.05 Å². The number of hydrogen-bond donors (Lipinski definition) is 0. The lowest BCUT2D eigenvalue weighted by Crippen LogP contribution is -2.60. The summed E-state index contributed by atoms with van der Waals surface area (Å²) in [6, 6.07) is 0.739. The molecule has 1 aliphatic heterocycles. The summed E-state index contributed by atoms with van der Waals surface area (Å²) >= 11 is 0. The molecule has 0 N–H and O–H groups in total. The Bertz CT molecular complexity index is 349. The minimum atomic E-state index is -0.0772. The van der Waals surface area contributed by atoms with Gasteiger partial charge in [-0.1, -0.05) is 6.42 Å². The molecule has 3 nitrogen and oxygen atoms in total. The van der Waals surface area contributed by atoms with Crippen LogP contribution in [-0.2, 0) is 9.53 Å². The SMILES string of the molecule is CC(=O)O[C@H]1[C@H]2CCC[C@@H]1[C@H]([N+]1(C)CCCC1)CC2. The summed E-state index contributed by atoms with van der Waals surface area (Å²) in [7, 11) is 2.44. The highest BCUT2D eigenvalue weighted by Crippen LogP contribution is 2.46. The van der Waals surface area contributed by atoms with Crippen molar-refractivity contribution in [2.24, 2.45) is 11.8 Å². The molecule has 0 aromatic rings. The van der Waals surface area contributed by atoms with Crippen LogP contribution in [0.25, 0.3) is 0 Å². The molecule has 4 atom stereocenters. The third-order valence-corrected chi connectivity index (χ3v) is 6.02. The molecule has 19 heavy (non-hydrogen) atoms. The second-order valence-corrected chi connectivity index (χ2v) is 7.21. The molecule has 2 saturated carbocycles. The largest absolute Gasteiger partial charge is 0.462 e. The summed E-state index contributed by atoms with van der Waals surface area (Å²) < 4.78 is 6.99. The normalized spacial score (nSPS) is 40.9. The van der Waals surface area contributed by atoms with Crippen LogP contribution in [0.15, 0.2) is 0 Å². The van der Waals surface area contributed by atoms with Gasteiger partial charge >= 0.3 is 5.97 Å². The van der Waals surface area contributed by atoms with Crippen molar-refractivity contribution >= 4 is 5.97 Å². The summed E-state index contributed by atoms with van der Waals surface area (Å²) in [4.78, 5) is 11.4. The Labute approximate surface area is 116 Å². The summed E-state index contributed by atoms with van der Waals surface area (Å²) in [5, 5.41) is 0. The second-order valence-electron chi connectivity index (χ2n) is 7.21. The zero-order chi connectivity index (χ0) is 13.5. The van der Waals surface area contributed by atoms with Gasteiger partial charge < -0.3 is 9.22 Å². The molecule has 1 heterocycles. The van der Waals surface area contributed by atoms with Crippen LogP contribution in [0.1, 0.15) is 51.9 Å². The quantitative estimate of drug-likeness (QED) is 0.567. The van der Waals surface area contributed by atoms with Gasteiger partial charge in [0.05, 0.1) is 26.2 Å². The van der Waals surface area contributed by atoms with E-state index < -0.39 is 0 Å². The third-order valence-electron chi connectivity index (χ3n) is 6.02. The molecule has 3 rings (SSSR count). The molecule has 0 radical (unpaired) electrons. The van der Waals surface area contributed by atoms with Gasteiger partial charge in [0.1, 0.15) is 6.10 Å². The third kappa shape index (κ3) is 2.42. The second kappa shape index (κ2) is 5.08. The van der Waals surface area contributed by atoms with E-state index in [0.717, 1.165) is 6.04 Å². The average molecular weight is 266 g/mol. The van der Waals surface area contributed by atoms with E-state index in [1.165, 1.54) is 62.5 Å². The lowest BCUT2D eigenvalue weighted by molar-refractivity contribution is -0.928. The van der Waals surface area contributed by atoms with Crippen molar-refractivity contribution in [3.05, 3.63) is 0 Å². The number of hydrogen-bond acceptors (Lipinski definition) is 2. The molecular weight excluding hydrogens is 238 g/mol. The Kier molecular flexibility index (Phi) is 3.59. The van der Waals surface area contributed by atoms with Gasteiger partial charge in [-0.3, -0.25) is 4.79 Å². The molecule has 3 aliphatic rings. The van der Waals surface area contributed by atoms with Gasteiger partial charge in [-0.2, -0.15) is 0 Å². The van der Waals surface area contributed by atoms with E-state index in [9.17, 15) is 4.79 Å². The van der Waals surface area contributed by atoms with Crippen LogP contribution >= 0.6 is 0 Å². The van der Waals surface area contributed by atoms with Crippen molar-refractivity contribution in [2.45, 2.75) is 64.0 Å². The predicted octanol–water partition coefficient (Wildman–Crippen LogP) is 2.74. The first-order chi connectivity index (χ1) is 9.10. The lowest BCUT2D eigenvalue weighted by atomic mass is 9.66. The van der Waals surface area contributed by atoms with Gasteiger partial charge in [-0.25, -0.2) is 0 Å². The molecule has 3 heteroatoms. The van der Waals surface area contributed by atoms with Crippen LogP contribution in [0.5, 0.6) is 0 Å². The highest BCUT2D eigenvalue weighted by molar-refractivity contribution is 5.66. The molecule has 0 spiro atoms. The molecular formula is C16H28NO2+. The van der Waals surface area contributed by atoms with E-state index in [4.69, 9.17) is 4.74 Å². The first-order valence-electron chi connectivity index (χ1n) is 8.11. The zero-order valence-corrected chi connectivity index (χ0v) is 12.4. The molecule has 0 aromatic carbocycles. The summed E-state index contributed by atoms with van der Waals surface area (Å²) in [6.45, 7) is 4.24. The Morgan fingerprint density at radius 3 is 2.47 bits per heavy atom. The highest BCUT2D eigenvalue weighted by Gasteiger charge is 2.51. The van der Waals surface area contributed by atoms with E-state index >= 15 is 0 Å². The van der Waals surface area contributed by atoms with Gasteiger partial charge in [0.2, 0.25) is 0 Å². The van der Waals surface area contributed by atoms with Gasteiger partial charge in [-0.15, -0.1) is 0 Å². The topological polar surface area (TPSA) is 26.3 Å². The number of carbonyl (C=O) groups excluding carboxylic acids is 1. The van der Waals surface area contributed by atoms with E-state index in [-0.39, 0.29) is 12.1 Å². The molecule has 2 bridgehead atoms. The van der Waals surface area contributed by atoms with E-state index in [1.54, 1.807) is 6.92 Å². The summed E-state index contributed by atoms with van der Waals surface area (Å²) in [5.41, 5.74) is 0. The van der Waals surface area contributed by atoms with Crippen LogP contribution in [0.3, 0.4) is 0 Å². The first kappa shape index (κ1) is 13.4. The monoisotopic (exact) mass is 266 g/mol. The molecule has 3 fully saturated rings. The van der Waals surface area contributed by atoms with Crippen molar-refractivity contribution in [1.82, 2.24) is 0 Å². The maximum atomic E-state index is 11.4. The van der Waals surface area contributed by atoms with Crippen molar-refractivity contribution in [3.63, 3.8) is 0 Å². The van der Waals surface area contributed by atoms with Crippen LogP contribution < -0.4 is 0 Å². The van der Waals surface area contributed by atoms with Crippen molar-refractivity contribution < 1.29 is 14.0 Å². The van der Waals surface area contributed by atoms with Gasteiger partial charge in [-0.05, 0) is 25.2 Å². The first-order valence-corrected chi connectivity index (χ1v) is 8.11. The van der Waals surface area contributed by atoms with Crippen molar-refractivity contribution in [3.8, 4) is 0 Å². The number of likely N-dealkylation sites (tertiary alicyclic amines) is 1. The summed E-state index contributed by atoms with van der Waals surface area (Å²) in [5.74, 6) is 1.19. The Hall–Kier alpha value is -0.570. The standard InChI is InChI=1S/C16H28NO2/c1-12(18)19-16-13-6-5-7-14(16)15(9-8-13)17(2)10-3-4-11-17/h13-16H,3-11H2,1-2H3/q+1/t13-,14+,15+,16-/m0/s1. The number of fused-ring (bicyclic) bond motifs is 2. The number of rotatable bonds is 2. The molecule has 1 saturated heterocycles. The molecule has 0 unspecified atom stereocenters. The molecule has 0 amide bonds. The highest BCUT2D eigenvalue weighted by atomic mass is 16.5. The number of nitrogens with zero attached hydrogens (tertiary/aromatic N) is 1.